The Morgan fingerprint density at radius 2 is 1.21 bits per heavy atom. The van der Waals surface area contributed by atoms with Gasteiger partial charge in [0.15, 0.2) is 0 Å². The molecule has 2 heterocycles. The number of hydrogen-bond donors (Lipinski definition) is 0. The van der Waals surface area contributed by atoms with Crippen LogP contribution in [-0.2, 0) is 20.9 Å². The number of carbonyl (C=O) groups is 3. The van der Waals surface area contributed by atoms with Gasteiger partial charge in [0.05, 0.1) is 39.7 Å². The van der Waals surface area contributed by atoms with E-state index in [1.54, 1.807) is 0 Å². The molecule has 5 nitrogen and oxygen atoms in total. The Labute approximate surface area is 235 Å². The number of para-hydroxylation sites is 1. The molecule has 3 amide bonds. The van der Waals surface area contributed by atoms with Crippen LogP contribution < -0.4 is 4.90 Å². The number of nitrogens with zero attached hydrogens (tertiary/aromatic N) is 2. The number of benzene rings is 2. The maximum atomic E-state index is 14.6. The van der Waals surface area contributed by atoms with Gasteiger partial charge in [-0.25, -0.2) is 0 Å². The first-order valence-corrected chi connectivity index (χ1v) is 21.4. The molecule has 0 N–H and O–H groups in total. The molecule has 1 fully saturated rings. The smallest absolute Gasteiger partial charge is 0.250 e. The van der Waals surface area contributed by atoms with Crippen LogP contribution in [0, 0.1) is 17.8 Å². The summed E-state index contributed by atoms with van der Waals surface area (Å²) < 4.78 is 0. The van der Waals surface area contributed by atoms with Gasteiger partial charge in [-0.05, 0) is 40.3 Å². The number of fused-ring (bicyclic) bond motifs is 1. The molecule has 2 aromatic rings. The Morgan fingerprint density at radius 3 is 1.69 bits per heavy atom. The van der Waals surface area contributed by atoms with E-state index in [-0.39, 0.29) is 40.8 Å². The first-order valence-electron chi connectivity index (χ1n) is 14.3. The fourth-order valence-corrected chi connectivity index (χ4v) is 12.9. The molecule has 3 aliphatic rings. The van der Waals surface area contributed by atoms with E-state index < -0.39 is 28.0 Å². The quantitative estimate of drug-likeness (QED) is 0.297. The Bertz CT molecular complexity index is 1320. The second-order valence-electron chi connectivity index (χ2n) is 14.1. The number of anilines is 1. The largest absolute Gasteiger partial charge is 0.328 e. The third kappa shape index (κ3) is 4.47. The van der Waals surface area contributed by atoms with Crippen LogP contribution >= 0.6 is 0 Å². The van der Waals surface area contributed by atoms with E-state index in [2.05, 4.69) is 70.2 Å². The van der Waals surface area contributed by atoms with Crippen molar-refractivity contribution in [2.45, 2.75) is 76.8 Å². The van der Waals surface area contributed by atoms with Crippen molar-refractivity contribution in [2.24, 2.45) is 17.8 Å². The molecule has 5 rings (SSSR count). The van der Waals surface area contributed by atoms with E-state index in [4.69, 9.17) is 0 Å². The zero-order chi connectivity index (χ0) is 28.4. The second kappa shape index (κ2) is 9.70. The molecule has 1 aliphatic carbocycles. The summed E-state index contributed by atoms with van der Waals surface area (Å²) in [5, 5.41) is 0. The molecule has 206 valence electrons. The highest BCUT2D eigenvalue weighted by atomic mass is 28.3. The van der Waals surface area contributed by atoms with Crippen LogP contribution in [0.3, 0.4) is 0 Å². The number of amides is 3. The van der Waals surface area contributed by atoms with Crippen LogP contribution in [0.1, 0.15) is 19.4 Å². The Kier molecular flexibility index (Phi) is 6.91. The van der Waals surface area contributed by atoms with Crippen LogP contribution in [0.5, 0.6) is 0 Å². The number of carbonyl (C=O) groups excluding carboxylic acids is 3. The highest BCUT2D eigenvalue weighted by molar-refractivity contribution is 6.80. The predicted octanol–water partition coefficient (Wildman–Crippen LogP) is 6.59. The fraction of sp³-hybridized carbons (Fsp3) is 0.469. The van der Waals surface area contributed by atoms with Crippen LogP contribution in [0.15, 0.2) is 71.8 Å². The van der Waals surface area contributed by atoms with Gasteiger partial charge in [0.1, 0.15) is 0 Å². The van der Waals surface area contributed by atoms with Gasteiger partial charge < -0.3 is 4.90 Å². The van der Waals surface area contributed by atoms with Crippen molar-refractivity contribution in [3.63, 3.8) is 0 Å². The summed E-state index contributed by atoms with van der Waals surface area (Å²) in [7, 11) is -4.21. The summed E-state index contributed by atoms with van der Waals surface area (Å²) in [6, 6.07) is 19.5. The van der Waals surface area contributed by atoms with E-state index >= 15 is 0 Å². The number of rotatable bonds is 6. The minimum atomic E-state index is -2.14. The van der Waals surface area contributed by atoms with Crippen LogP contribution in [0.25, 0.3) is 0 Å². The first kappa shape index (κ1) is 27.8. The van der Waals surface area contributed by atoms with Crippen LogP contribution in [0.4, 0.5) is 5.69 Å². The summed E-state index contributed by atoms with van der Waals surface area (Å²) in [6.45, 7) is 18.6. The third-order valence-corrected chi connectivity index (χ3v) is 14.0. The van der Waals surface area contributed by atoms with Gasteiger partial charge in [0.25, 0.3) is 5.91 Å². The summed E-state index contributed by atoms with van der Waals surface area (Å²) in [5.74, 6) is -0.803. The van der Waals surface area contributed by atoms with Gasteiger partial charge in [-0.3, -0.25) is 19.3 Å². The summed E-state index contributed by atoms with van der Waals surface area (Å²) in [4.78, 5) is 46.9. The lowest BCUT2D eigenvalue weighted by atomic mass is 9.74. The Balaban J connectivity index is 1.73. The lowest BCUT2D eigenvalue weighted by molar-refractivity contribution is -0.128. The van der Waals surface area contributed by atoms with Crippen molar-refractivity contribution in [3.8, 4) is 0 Å². The van der Waals surface area contributed by atoms with Crippen molar-refractivity contribution in [3.05, 3.63) is 77.4 Å². The average Bonchev–Trinajstić information content (AvgIpc) is 3.27. The minimum Gasteiger partial charge on any atom is -0.328 e. The van der Waals surface area contributed by atoms with E-state index in [0.717, 1.165) is 11.1 Å². The molecular weight excluding hydrogens is 517 g/mol. The van der Waals surface area contributed by atoms with Gasteiger partial charge in [-0.1, -0.05) is 102 Å². The van der Waals surface area contributed by atoms with Crippen LogP contribution in [-0.4, -0.2) is 44.8 Å². The molecule has 0 saturated carbocycles. The Morgan fingerprint density at radius 1 is 0.718 bits per heavy atom. The lowest BCUT2D eigenvalue weighted by Gasteiger charge is -2.47. The van der Waals surface area contributed by atoms with Crippen molar-refractivity contribution in [1.82, 2.24) is 4.90 Å². The molecule has 5 atom stereocenters. The van der Waals surface area contributed by atoms with Gasteiger partial charge in [0.2, 0.25) is 11.8 Å². The predicted molar refractivity (Wildman–Crippen MR) is 163 cm³/mol. The standard InChI is InChI=1S/C32H42N2O3Si2/c1-20(2)27-23-24(30(35)33(27)19-21-15-11-9-12-16-21)29(39(6,7)8)26-25(28(23)38(3,4)5)31(36)34(32(26)37)22-17-13-10-14-18-22/h9-18,20,25-29H,19H2,1-8H3/t25-,26+,27+,28+,29-/m0/s1. The molecule has 1 saturated heterocycles. The highest BCUT2D eigenvalue weighted by Crippen LogP contribution is 2.63. The van der Waals surface area contributed by atoms with E-state index in [0.29, 0.717) is 12.2 Å². The lowest BCUT2D eigenvalue weighted by Crippen LogP contribution is -2.50. The van der Waals surface area contributed by atoms with E-state index in [1.165, 1.54) is 10.5 Å². The maximum absolute atomic E-state index is 14.6. The van der Waals surface area contributed by atoms with Crippen molar-refractivity contribution >= 4 is 39.6 Å². The molecule has 0 radical (unpaired) electrons. The van der Waals surface area contributed by atoms with Gasteiger partial charge in [-0.15, -0.1) is 0 Å². The zero-order valence-electron chi connectivity index (χ0n) is 24.6. The normalized spacial score (nSPS) is 27.5. The average molecular weight is 559 g/mol. The fourth-order valence-electron chi connectivity index (χ4n) is 7.66. The SMILES string of the molecule is CC(C)[C@@H]1C2=C(C(=O)N1Cc1ccccc1)[C@H]([Si](C)(C)C)[C@@H]1C(=O)N(c3ccccc3)C(=O)[C@@H]1[C@@H]2[Si](C)(C)C. The van der Waals surface area contributed by atoms with Crippen molar-refractivity contribution in [1.29, 1.82) is 0 Å². The highest BCUT2D eigenvalue weighted by Gasteiger charge is 2.66. The zero-order valence-corrected chi connectivity index (χ0v) is 26.6. The molecule has 0 bridgehead atoms. The molecule has 39 heavy (non-hydrogen) atoms. The molecular formula is C32H42N2O3Si2. The topological polar surface area (TPSA) is 57.7 Å². The molecule has 7 heteroatoms. The van der Waals surface area contributed by atoms with Gasteiger partial charge in [-0.2, -0.15) is 0 Å². The summed E-state index contributed by atoms with van der Waals surface area (Å²) >= 11 is 0. The van der Waals surface area contributed by atoms with Gasteiger partial charge in [0, 0.05) is 12.1 Å². The van der Waals surface area contributed by atoms with E-state index in [1.807, 2.05) is 48.5 Å². The molecule has 0 spiro atoms. The number of hydrogen-bond acceptors (Lipinski definition) is 3. The second-order valence-corrected chi connectivity index (χ2v) is 24.8. The summed E-state index contributed by atoms with van der Waals surface area (Å²) in [6.07, 6.45) is 0. The first-order chi connectivity index (χ1) is 18.2. The third-order valence-electron chi connectivity index (χ3n) is 8.93. The molecule has 2 aliphatic heterocycles. The van der Waals surface area contributed by atoms with Crippen molar-refractivity contribution in [2.75, 3.05) is 4.90 Å². The van der Waals surface area contributed by atoms with E-state index in [9.17, 15) is 14.4 Å². The molecule has 0 aromatic heterocycles. The summed E-state index contributed by atoms with van der Waals surface area (Å²) in [5.41, 5.74) is 3.57. The number of imide groups is 1. The minimum absolute atomic E-state index is 0.0626. The maximum Gasteiger partial charge on any atom is 0.250 e. The molecule has 2 aromatic carbocycles. The van der Waals surface area contributed by atoms with Crippen LogP contribution in [0.2, 0.25) is 50.4 Å². The Hall–Kier alpha value is -2.78. The monoisotopic (exact) mass is 558 g/mol. The van der Waals surface area contributed by atoms with Crippen molar-refractivity contribution < 1.29 is 14.4 Å². The van der Waals surface area contributed by atoms with Gasteiger partial charge >= 0.3 is 0 Å². The molecule has 0 unspecified atom stereocenters.